The van der Waals surface area contributed by atoms with Gasteiger partial charge in [-0.2, -0.15) is 0 Å². The van der Waals surface area contributed by atoms with Gasteiger partial charge in [0, 0.05) is 24.2 Å². The van der Waals surface area contributed by atoms with Gasteiger partial charge >= 0.3 is 0 Å². The Morgan fingerprint density at radius 3 is 2.56 bits per heavy atom. The number of hydrogen-bond acceptors (Lipinski definition) is 5. The van der Waals surface area contributed by atoms with E-state index in [0.717, 1.165) is 54.1 Å². The van der Waals surface area contributed by atoms with Gasteiger partial charge in [0.2, 0.25) is 5.91 Å². The molecule has 0 unspecified atom stereocenters. The van der Waals surface area contributed by atoms with Gasteiger partial charge in [0.1, 0.15) is 5.82 Å². The van der Waals surface area contributed by atoms with Gasteiger partial charge < -0.3 is 15.7 Å². The highest BCUT2D eigenvalue weighted by Crippen LogP contribution is 2.24. The molecule has 0 spiro atoms. The summed E-state index contributed by atoms with van der Waals surface area (Å²) in [5.74, 6) is 0.711. The topological polar surface area (TPSA) is 91.5 Å². The number of aliphatic hydroxyl groups is 1. The molecule has 1 saturated carbocycles. The molecule has 7 nitrogen and oxygen atoms in total. The van der Waals surface area contributed by atoms with Crippen molar-refractivity contribution >= 4 is 23.1 Å². The van der Waals surface area contributed by atoms with E-state index in [-0.39, 0.29) is 12.0 Å². The fourth-order valence-electron chi connectivity index (χ4n) is 3.50. The lowest BCUT2D eigenvalue weighted by Gasteiger charge is -2.26. The zero-order chi connectivity index (χ0) is 18.8. The van der Waals surface area contributed by atoms with Crippen molar-refractivity contribution in [1.29, 1.82) is 0 Å². The Labute approximate surface area is 157 Å². The second-order valence-electron chi connectivity index (χ2n) is 7.04. The van der Waals surface area contributed by atoms with Gasteiger partial charge in [0.25, 0.3) is 0 Å². The van der Waals surface area contributed by atoms with Gasteiger partial charge in [-0.15, -0.1) is 5.10 Å². The van der Waals surface area contributed by atoms with Crippen molar-refractivity contribution < 1.29 is 9.90 Å². The quantitative estimate of drug-likeness (QED) is 0.661. The molecule has 1 aliphatic carbocycles. The van der Waals surface area contributed by atoms with Gasteiger partial charge in [0.05, 0.1) is 18.0 Å². The van der Waals surface area contributed by atoms with E-state index in [9.17, 15) is 9.90 Å². The van der Waals surface area contributed by atoms with E-state index in [1.807, 2.05) is 40.9 Å². The number of carbonyl (C=O) groups excluding carboxylic acids is 1. The number of rotatable bonds is 4. The third-order valence-corrected chi connectivity index (χ3v) is 4.91. The van der Waals surface area contributed by atoms with Crippen LogP contribution in [0.4, 0.5) is 11.5 Å². The first-order valence-corrected chi connectivity index (χ1v) is 9.26. The molecule has 3 aromatic rings. The minimum absolute atomic E-state index is 0.0924. The molecule has 0 aliphatic heterocycles. The summed E-state index contributed by atoms with van der Waals surface area (Å²) in [5, 5.41) is 20.6. The average Bonchev–Trinajstić information content (AvgIpc) is 3.07. The summed E-state index contributed by atoms with van der Waals surface area (Å²) in [5.41, 5.74) is 3.40. The number of fused-ring (bicyclic) bond motifs is 1. The molecule has 1 fully saturated rings. The van der Waals surface area contributed by atoms with Crippen LogP contribution in [-0.4, -0.2) is 37.8 Å². The molecule has 140 valence electrons. The largest absolute Gasteiger partial charge is 0.393 e. The zero-order valence-electron chi connectivity index (χ0n) is 15.2. The van der Waals surface area contributed by atoms with Crippen molar-refractivity contribution in [3.63, 3.8) is 0 Å². The summed E-state index contributed by atoms with van der Waals surface area (Å²) in [6.45, 7) is 1.49. The molecular formula is C20H23N5O2. The number of amides is 1. The van der Waals surface area contributed by atoms with Crippen molar-refractivity contribution in [2.75, 3.05) is 10.6 Å². The fraction of sp³-hybridized carbons (Fsp3) is 0.350. The smallest absolute Gasteiger partial charge is 0.221 e. The molecule has 0 bridgehead atoms. The van der Waals surface area contributed by atoms with Crippen LogP contribution < -0.4 is 10.6 Å². The van der Waals surface area contributed by atoms with Gasteiger partial charge in [0.15, 0.2) is 5.65 Å². The molecule has 0 radical (unpaired) electrons. The Balaban J connectivity index is 1.57. The molecule has 1 aromatic carbocycles. The first kappa shape index (κ1) is 17.5. The summed E-state index contributed by atoms with van der Waals surface area (Å²) < 4.78 is 1.83. The maximum Gasteiger partial charge on any atom is 0.221 e. The second-order valence-corrected chi connectivity index (χ2v) is 7.04. The Hall–Kier alpha value is -2.93. The van der Waals surface area contributed by atoms with Gasteiger partial charge in [-0.25, -0.2) is 9.50 Å². The highest BCUT2D eigenvalue weighted by atomic mass is 16.3. The van der Waals surface area contributed by atoms with Gasteiger partial charge in [-0.3, -0.25) is 4.79 Å². The standard InChI is InChI=1S/C20H23N5O2/c1-13(26)22-15-4-2-14(3-5-15)18-12-21-20-11-10-19(24-25(18)20)23-16-6-8-17(27)9-7-16/h2-5,10-12,16-17,27H,6-9H2,1H3,(H,22,26)(H,23,24)/t16-,17-. The van der Waals surface area contributed by atoms with Gasteiger partial charge in [-0.05, 0) is 49.9 Å². The maximum atomic E-state index is 11.2. The molecule has 0 atom stereocenters. The summed E-state index contributed by atoms with van der Waals surface area (Å²) in [4.78, 5) is 15.6. The Kier molecular flexibility index (Phi) is 4.77. The van der Waals surface area contributed by atoms with Crippen LogP contribution in [0, 0.1) is 0 Å². The zero-order valence-corrected chi connectivity index (χ0v) is 15.2. The molecule has 2 aromatic heterocycles. The summed E-state index contributed by atoms with van der Waals surface area (Å²) >= 11 is 0. The number of aromatic nitrogens is 3. The number of carbonyl (C=O) groups is 1. The molecular weight excluding hydrogens is 342 g/mol. The molecule has 2 heterocycles. The lowest BCUT2D eigenvalue weighted by atomic mass is 9.93. The van der Waals surface area contributed by atoms with E-state index in [1.54, 1.807) is 6.20 Å². The van der Waals surface area contributed by atoms with Crippen molar-refractivity contribution in [2.45, 2.75) is 44.8 Å². The van der Waals surface area contributed by atoms with E-state index in [2.05, 4.69) is 15.6 Å². The van der Waals surface area contributed by atoms with Crippen LogP contribution in [0.1, 0.15) is 32.6 Å². The minimum Gasteiger partial charge on any atom is -0.393 e. The summed E-state index contributed by atoms with van der Waals surface area (Å²) in [6, 6.07) is 11.8. The van der Waals surface area contributed by atoms with E-state index in [0.29, 0.717) is 6.04 Å². The van der Waals surface area contributed by atoms with Gasteiger partial charge in [-0.1, -0.05) is 12.1 Å². The van der Waals surface area contributed by atoms with Crippen LogP contribution in [0.3, 0.4) is 0 Å². The predicted octanol–water partition coefficient (Wildman–Crippen LogP) is 3.07. The van der Waals surface area contributed by atoms with E-state index in [1.165, 1.54) is 6.92 Å². The average molecular weight is 365 g/mol. The van der Waals surface area contributed by atoms with Crippen molar-refractivity contribution in [1.82, 2.24) is 14.6 Å². The Morgan fingerprint density at radius 2 is 1.85 bits per heavy atom. The number of aliphatic hydroxyl groups excluding tert-OH is 1. The predicted molar refractivity (Wildman–Crippen MR) is 105 cm³/mol. The van der Waals surface area contributed by atoms with E-state index < -0.39 is 0 Å². The van der Waals surface area contributed by atoms with E-state index in [4.69, 9.17) is 5.10 Å². The SMILES string of the molecule is CC(=O)Nc1ccc(-c2cnc3ccc(N[C@H]4CC[C@H](O)CC4)nn23)cc1. The van der Waals surface area contributed by atoms with Crippen LogP contribution in [0.5, 0.6) is 0 Å². The summed E-state index contributed by atoms with van der Waals surface area (Å²) in [6.07, 6.45) is 5.19. The highest BCUT2D eigenvalue weighted by Gasteiger charge is 2.19. The molecule has 3 N–H and O–H groups in total. The number of benzene rings is 1. The third kappa shape index (κ3) is 3.93. The van der Waals surface area contributed by atoms with Crippen molar-refractivity contribution in [3.8, 4) is 11.3 Å². The third-order valence-electron chi connectivity index (χ3n) is 4.91. The van der Waals surface area contributed by atoms with Crippen LogP contribution >= 0.6 is 0 Å². The Morgan fingerprint density at radius 1 is 1.11 bits per heavy atom. The normalized spacial score (nSPS) is 19.8. The maximum absolute atomic E-state index is 11.2. The molecule has 1 amide bonds. The molecule has 1 aliphatic rings. The minimum atomic E-state index is -0.167. The van der Waals surface area contributed by atoms with Crippen molar-refractivity contribution in [3.05, 3.63) is 42.6 Å². The van der Waals surface area contributed by atoms with Crippen LogP contribution in [0.15, 0.2) is 42.6 Å². The lowest BCUT2D eigenvalue weighted by molar-refractivity contribution is -0.114. The van der Waals surface area contributed by atoms with Crippen LogP contribution in [0.2, 0.25) is 0 Å². The van der Waals surface area contributed by atoms with E-state index >= 15 is 0 Å². The first-order chi connectivity index (χ1) is 13.1. The number of nitrogens with zero attached hydrogens (tertiary/aromatic N) is 3. The monoisotopic (exact) mass is 365 g/mol. The lowest BCUT2D eigenvalue weighted by Crippen LogP contribution is -2.28. The highest BCUT2D eigenvalue weighted by molar-refractivity contribution is 5.88. The second kappa shape index (κ2) is 7.36. The number of imidazole rings is 1. The van der Waals surface area contributed by atoms with Crippen LogP contribution in [0.25, 0.3) is 16.9 Å². The van der Waals surface area contributed by atoms with Crippen LogP contribution in [-0.2, 0) is 4.79 Å². The number of anilines is 2. The Bertz CT molecular complexity index is 943. The molecule has 7 heteroatoms. The van der Waals surface area contributed by atoms with Crippen molar-refractivity contribution in [2.24, 2.45) is 0 Å². The first-order valence-electron chi connectivity index (χ1n) is 9.26. The number of nitrogens with one attached hydrogen (secondary N) is 2. The number of hydrogen-bond donors (Lipinski definition) is 3. The fourth-order valence-corrected chi connectivity index (χ4v) is 3.50. The molecule has 0 saturated heterocycles. The summed E-state index contributed by atoms with van der Waals surface area (Å²) in [7, 11) is 0. The molecule has 4 rings (SSSR count). The molecule has 27 heavy (non-hydrogen) atoms.